The number of carbonyl (C=O) groups excluding carboxylic acids is 2. The zero-order valence-electron chi connectivity index (χ0n) is 11.3. The maximum absolute atomic E-state index is 11.9. The first kappa shape index (κ1) is 16.1. The number of hydrogen-bond acceptors (Lipinski definition) is 3. The lowest BCUT2D eigenvalue weighted by Gasteiger charge is -2.08. The fraction of sp³-hybridized carbons (Fsp3) is 0.0667. The second-order valence-corrected chi connectivity index (χ2v) is 5.19. The van der Waals surface area contributed by atoms with Crippen LogP contribution in [0.2, 0.25) is 10.0 Å². The normalized spacial score (nSPS) is 10.1. The van der Waals surface area contributed by atoms with Crippen molar-refractivity contribution in [2.45, 2.75) is 0 Å². The highest BCUT2D eigenvalue weighted by atomic mass is 35.5. The van der Waals surface area contributed by atoms with Gasteiger partial charge in [0.05, 0.1) is 22.3 Å². The van der Waals surface area contributed by atoms with Gasteiger partial charge in [-0.1, -0.05) is 35.3 Å². The topological polar surface area (TPSA) is 78.4 Å². The van der Waals surface area contributed by atoms with Gasteiger partial charge in [0.2, 0.25) is 5.91 Å². The Bertz CT molecular complexity index is 720. The second kappa shape index (κ2) is 7.15. The lowest BCUT2D eigenvalue weighted by Crippen LogP contribution is -2.32. The fourth-order valence-corrected chi connectivity index (χ4v) is 1.97. The number of benzene rings is 2. The van der Waals surface area contributed by atoms with Crippen LogP contribution in [0.25, 0.3) is 0 Å². The maximum atomic E-state index is 11.9. The Morgan fingerprint density at radius 3 is 2.45 bits per heavy atom. The molecule has 0 aliphatic heterocycles. The molecule has 5 nitrogen and oxygen atoms in total. The molecule has 0 radical (unpaired) electrons. The van der Waals surface area contributed by atoms with E-state index in [1.54, 1.807) is 18.2 Å². The Balaban J connectivity index is 1.92. The third-order valence-electron chi connectivity index (χ3n) is 2.77. The first-order valence-corrected chi connectivity index (χ1v) is 7.04. The molecule has 114 valence electrons. The van der Waals surface area contributed by atoms with E-state index in [0.29, 0.717) is 10.6 Å². The predicted molar refractivity (Wildman–Crippen MR) is 85.5 cm³/mol. The average Bonchev–Trinajstić information content (AvgIpc) is 2.50. The number of amides is 2. The van der Waals surface area contributed by atoms with E-state index in [1.807, 2.05) is 0 Å². The molecular formula is C15H12Cl2N2O3. The molecule has 3 N–H and O–H groups in total. The van der Waals surface area contributed by atoms with E-state index in [1.165, 1.54) is 24.3 Å². The second-order valence-electron chi connectivity index (χ2n) is 4.38. The number of carbonyl (C=O) groups is 2. The average molecular weight is 339 g/mol. The molecule has 0 saturated carbocycles. The van der Waals surface area contributed by atoms with Crippen LogP contribution < -0.4 is 10.6 Å². The van der Waals surface area contributed by atoms with E-state index in [2.05, 4.69) is 10.6 Å². The van der Waals surface area contributed by atoms with Crippen molar-refractivity contribution in [1.29, 1.82) is 0 Å². The van der Waals surface area contributed by atoms with Crippen molar-refractivity contribution in [2.24, 2.45) is 0 Å². The van der Waals surface area contributed by atoms with Gasteiger partial charge in [0.15, 0.2) is 0 Å². The van der Waals surface area contributed by atoms with Crippen molar-refractivity contribution >= 4 is 40.7 Å². The van der Waals surface area contributed by atoms with E-state index in [9.17, 15) is 14.7 Å². The fourth-order valence-electron chi connectivity index (χ4n) is 1.67. The number of halogens is 2. The number of rotatable bonds is 4. The van der Waals surface area contributed by atoms with E-state index in [4.69, 9.17) is 23.2 Å². The van der Waals surface area contributed by atoms with Crippen LogP contribution in [0, 0.1) is 0 Å². The summed E-state index contributed by atoms with van der Waals surface area (Å²) in [5.74, 6) is -0.965. The first-order chi connectivity index (χ1) is 10.5. The highest BCUT2D eigenvalue weighted by molar-refractivity contribution is 6.42. The number of hydrogen-bond donors (Lipinski definition) is 3. The van der Waals surface area contributed by atoms with E-state index < -0.39 is 11.8 Å². The summed E-state index contributed by atoms with van der Waals surface area (Å²) >= 11 is 11.6. The van der Waals surface area contributed by atoms with Gasteiger partial charge in [-0.2, -0.15) is 0 Å². The first-order valence-electron chi connectivity index (χ1n) is 6.28. The molecule has 0 fully saturated rings. The lowest BCUT2D eigenvalue weighted by atomic mass is 10.2. The largest absolute Gasteiger partial charge is 0.506 e. The van der Waals surface area contributed by atoms with E-state index in [0.717, 1.165) is 0 Å². The van der Waals surface area contributed by atoms with Crippen molar-refractivity contribution in [3.63, 3.8) is 0 Å². The van der Waals surface area contributed by atoms with E-state index in [-0.39, 0.29) is 23.0 Å². The SMILES string of the molecule is O=C(CNC(=O)c1ccc(Cl)c(Cl)c1)Nc1ccccc1O. The minimum atomic E-state index is -0.463. The molecule has 0 unspecified atom stereocenters. The van der Waals surface area contributed by atoms with Gasteiger partial charge in [0.1, 0.15) is 5.75 Å². The van der Waals surface area contributed by atoms with Crippen LogP contribution in [-0.4, -0.2) is 23.5 Å². The summed E-state index contributed by atoms with van der Waals surface area (Å²) in [6.07, 6.45) is 0. The van der Waals surface area contributed by atoms with Gasteiger partial charge < -0.3 is 15.7 Å². The Morgan fingerprint density at radius 1 is 1.05 bits per heavy atom. The third-order valence-corrected chi connectivity index (χ3v) is 3.51. The van der Waals surface area contributed by atoms with Gasteiger partial charge in [-0.25, -0.2) is 0 Å². The Kier molecular flexibility index (Phi) is 5.25. The summed E-state index contributed by atoms with van der Waals surface area (Å²) in [6, 6.07) is 10.7. The van der Waals surface area contributed by atoms with Crippen molar-refractivity contribution in [2.75, 3.05) is 11.9 Å². The predicted octanol–water partition coefficient (Wildman–Crippen LogP) is 3.07. The van der Waals surface area contributed by atoms with Gasteiger partial charge in [0, 0.05) is 5.56 Å². The molecule has 0 bridgehead atoms. The molecule has 0 aliphatic rings. The number of para-hydroxylation sites is 2. The molecule has 0 atom stereocenters. The Morgan fingerprint density at radius 2 is 1.77 bits per heavy atom. The van der Waals surface area contributed by atoms with Gasteiger partial charge in [0.25, 0.3) is 5.91 Å². The molecule has 0 spiro atoms. The van der Waals surface area contributed by atoms with Crippen LogP contribution >= 0.6 is 23.2 Å². The van der Waals surface area contributed by atoms with Crippen molar-refractivity contribution < 1.29 is 14.7 Å². The monoisotopic (exact) mass is 338 g/mol. The summed E-state index contributed by atoms with van der Waals surface area (Å²) in [5, 5.41) is 15.1. The molecule has 0 aromatic heterocycles. The molecule has 2 aromatic carbocycles. The molecule has 2 aromatic rings. The molecule has 0 heterocycles. The van der Waals surface area contributed by atoms with Crippen LogP contribution in [-0.2, 0) is 4.79 Å². The minimum Gasteiger partial charge on any atom is -0.506 e. The number of phenols is 1. The Hall–Kier alpha value is -2.24. The van der Waals surface area contributed by atoms with Gasteiger partial charge in [-0.15, -0.1) is 0 Å². The molecule has 2 rings (SSSR count). The van der Waals surface area contributed by atoms with Crippen molar-refractivity contribution in [1.82, 2.24) is 5.32 Å². The molecular weight excluding hydrogens is 327 g/mol. The standard InChI is InChI=1S/C15H12Cl2N2O3/c16-10-6-5-9(7-11(10)17)15(22)18-8-14(21)19-12-3-1-2-4-13(12)20/h1-7,20H,8H2,(H,18,22)(H,19,21). The zero-order chi connectivity index (χ0) is 16.1. The molecule has 7 heteroatoms. The van der Waals surface area contributed by atoms with Crippen LogP contribution in [0.4, 0.5) is 5.69 Å². The highest BCUT2D eigenvalue weighted by Gasteiger charge is 2.11. The van der Waals surface area contributed by atoms with E-state index >= 15 is 0 Å². The van der Waals surface area contributed by atoms with Gasteiger partial charge in [-0.05, 0) is 30.3 Å². The smallest absolute Gasteiger partial charge is 0.251 e. The van der Waals surface area contributed by atoms with Crippen LogP contribution in [0.15, 0.2) is 42.5 Å². The summed E-state index contributed by atoms with van der Waals surface area (Å²) in [4.78, 5) is 23.6. The number of nitrogens with one attached hydrogen (secondary N) is 2. The van der Waals surface area contributed by atoms with Gasteiger partial charge in [-0.3, -0.25) is 9.59 Å². The summed E-state index contributed by atoms with van der Waals surface area (Å²) in [5.41, 5.74) is 0.570. The summed E-state index contributed by atoms with van der Waals surface area (Å²) < 4.78 is 0. The highest BCUT2D eigenvalue weighted by Crippen LogP contribution is 2.23. The summed E-state index contributed by atoms with van der Waals surface area (Å²) in [7, 11) is 0. The molecule has 2 amide bonds. The quantitative estimate of drug-likeness (QED) is 0.749. The summed E-state index contributed by atoms with van der Waals surface area (Å²) in [6.45, 7) is -0.243. The minimum absolute atomic E-state index is 0.0494. The van der Waals surface area contributed by atoms with Crippen LogP contribution in [0.5, 0.6) is 5.75 Å². The van der Waals surface area contributed by atoms with Crippen LogP contribution in [0.1, 0.15) is 10.4 Å². The number of anilines is 1. The van der Waals surface area contributed by atoms with Crippen molar-refractivity contribution in [3.8, 4) is 5.75 Å². The molecule has 0 aliphatic carbocycles. The molecule has 22 heavy (non-hydrogen) atoms. The maximum Gasteiger partial charge on any atom is 0.251 e. The van der Waals surface area contributed by atoms with Crippen molar-refractivity contribution in [3.05, 3.63) is 58.1 Å². The molecule has 0 saturated heterocycles. The zero-order valence-corrected chi connectivity index (χ0v) is 12.8. The Labute approximate surface area is 136 Å². The number of aromatic hydroxyl groups is 1. The number of phenolic OH excluding ortho intramolecular Hbond substituents is 1. The lowest BCUT2D eigenvalue weighted by molar-refractivity contribution is -0.115. The van der Waals surface area contributed by atoms with Gasteiger partial charge >= 0.3 is 0 Å². The van der Waals surface area contributed by atoms with Crippen LogP contribution in [0.3, 0.4) is 0 Å². The third kappa shape index (κ3) is 4.13.